The number of nitrogens with zero attached hydrogens (tertiary/aromatic N) is 2. The number of aromatic nitrogens is 2. The van der Waals surface area contributed by atoms with E-state index in [2.05, 4.69) is 15.3 Å². The van der Waals surface area contributed by atoms with Gasteiger partial charge in [-0.25, -0.2) is 17.7 Å². The summed E-state index contributed by atoms with van der Waals surface area (Å²) in [5, 5.41) is 1.88. The maximum absolute atomic E-state index is 13.3. The van der Waals surface area contributed by atoms with Crippen LogP contribution < -0.4 is 15.4 Å². The number of nitrogens with one attached hydrogen (secondary N) is 2. The molecule has 0 saturated heterocycles. The molecule has 12 heteroatoms. The minimum absolute atomic E-state index is 0.180. The van der Waals surface area contributed by atoms with Gasteiger partial charge in [0.2, 0.25) is 10.0 Å². The Morgan fingerprint density at radius 1 is 1.09 bits per heavy atom. The molecule has 5 N–H and O–H groups in total. The molecule has 1 aromatic heterocycles. The maximum Gasteiger partial charge on any atom is 0.270 e. The number of benzene rings is 2. The molecule has 0 radical (unpaired) electrons. The fraction of sp³-hybridized carbons (Fsp3) is 0.318. The molecule has 0 aliphatic carbocycles. The molecule has 2 heterocycles. The Hall–Kier alpha value is -2.93. The highest BCUT2D eigenvalue weighted by atomic mass is 32.2. The minimum atomic E-state index is -4.62. The Morgan fingerprint density at radius 3 is 2.41 bits per heavy atom. The first-order valence-corrected chi connectivity index (χ1v) is 13.7. The molecular weight excluding hydrogens is 478 g/mol. The molecule has 1 aliphatic heterocycles. The van der Waals surface area contributed by atoms with Crippen molar-refractivity contribution in [1.82, 2.24) is 9.97 Å². The van der Waals surface area contributed by atoms with Gasteiger partial charge in [0.1, 0.15) is 11.6 Å². The molecule has 4 rings (SSSR count). The van der Waals surface area contributed by atoms with Gasteiger partial charge in [0.15, 0.2) is 5.79 Å². The van der Waals surface area contributed by atoms with E-state index in [0.717, 1.165) is 15.4 Å². The predicted molar refractivity (Wildman–Crippen MR) is 132 cm³/mol. The number of hydrogen-bond donors (Lipinski definition) is 4. The summed E-state index contributed by atoms with van der Waals surface area (Å²) < 4.78 is 60.3. The van der Waals surface area contributed by atoms with Gasteiger partial charge in [0, 0.05) is 11.1 Å². The van der Waals surface area contributed by atoms with E-state index in [4.69, 9.17) is 5.73 Å². The van der Waals surface area contributed by atoms with Crippen molar-refractivity contribution in [3.05, 3.63) is 53.9 Å². The summed E-state index contributed by atoms with van der Waals surface area (Å²) in [6.45, 7) is 6.75. The SMILES string of the molecule is Cc1cccc(-c2nc(C)[nH]c2-c2ccc3c(c2)N(S(=O)(=O)C(C)C)C(N)(CS(=O)(=O)O)N3)c1. The number of aromatic amines is 1. The molecule has 0 amide bonds. The lowest BCUT2D eigenvalue weighted by atomic mass is 10.0. The molecule has 0 spiro atoms. The molecule has 182 valence electrons. The van der Waals surface area contributed by atoms with Crippen molar-refractivity contribution in [3.63, 3.8) is 0 Å². The highest BCUT2D eigenvalue weighted by Crippen LogP contribution is 2.44. The van der Waals surface area contributed by atoms with Crippen LogP contribution in [-0.2, 0) is 20.1 Å². The van der Waals surface area contributed by atoms with E-state index < -0.39 is 36.9 Å². The van der Waals surface area contributed by atoms with E-state index in [1.165, 1.54) is 13.8 Å². The van der Waals surface area contributed by atoms with Crippen LogP contribution in [0, 0.1) is 13.8 Å². The molecule has 34 heavy (non-hydrogen) atoms. The van der Waals surface area contributed by atoms with E-state index in [1.807, 2.05) is 38.1 Å². The Morgan fingerprint density at radius 2 is 1.79 bits per heavy atom. The van der Waals surface area contributed by atoms with E-state index in [-0.39, 0.29) is 5.69 Å². The second-order valence-electron chi connectivity index (χ2n) is 8.78. The average molecular weight is 506 g/mol. The summed E-state index contributed by atoms with van der Waals surface area (Å²) in [7, 11) is -8.71. The zero-order valence-corrected chi connectivity index (χ0v) is 20.8. The van der Waals surface area contributed by atoms with Gasteiger partial charge in [-0.1, -0.05) is 29.8 Å². The number of anilines is 2. The third kappa shape index (κ3) is 4.29. The lowest BCUT2D eigenvalue weighted by Gasteiger charge is -2.35. The summed E-state index contributed by atoms with van der Waals surface area (Å²) in [5.74, 6) is -2.45. The molecule has 0 fully saturated rings. The number of nitrogens with two attached hydrogens (primary N) is 1. The van der Waals surface area contributed by atoms with Gasteiger partial charge >= 0.3 is 0 Å². The highest BCUT2D eigenvalue weighted by Gasteiger charge is 2.50. The van der Waals surface area contributed by atoms with E-state index >= 15 is 0 Å². The molecule has 2 aromatic carbocycles. The van der Waals surface area contributed by atoms with E-state index in [0.29, 0.717) is 28.5 Å². The van der Waals surface area contributed by atoms with Crippen LogP contribution in [0.1, 0.15) is 25.2 Å². The number of fused-ring (bicyclic) bond motifs is 1. The number of hydrogen-bond acceptors (Lipinski definition) is 7. The van der Waals surface area contributed by atoms with Crippen LogP contribution in [-0.4, -0.2) is 48.1 Å². The van der Waals surface area contributed by atoms with Crippen molar-refractivity contribution in [1.29, 1.82) is 0 Å². The smallest absolute Gasteiger partial charge is 0.270 e. The molecule has 3 aromatic rings. The molecule has 0 saturated carbocycles. The van der Waals surface area contributed by atoms with Crippen LogP contribution in [0.5, 0.6) is 0 Å². The van der Waals surface area contributed by atoms with Crippen molar-refractivity contribution in [2.45, 2.75) is 38.7 Å². The highest BCUT2D eigenvalue weighted by molar-refractivity contribution is 7.93. The van der Waals surface area contributed by atoms with Crippen LogP contribution in [0.4, 0.5) is 11.4 Å². The van der Waals surface area contributed by atoms with Crippen molar-refractivity contribution >= 4 is 31.5 Å². The van der Waals surface area contributed by atoms with Gasteiger partial charge in [0.05, 0.1) is 28.0 Å². The Kier molecular flexibility index (Phi) is 5.75. The number of imidazole rings is 1. The fourth-order valence-electron chi connectivity index (χ4n) is 4.11. The lowest BCUT2D eigenvalue weighted by Crippen LogP contribution is -2.65. The van der Waals surface area contributed by atoms with E-state index in [9.17, 15) is 21.4 Å². The van der Waals surface area contributed by atoms with Gasteiger partial charge in [0.25, 0.3) is 10.1 Å². The average Bonchev–Trinajstić information content (AvgIpc) is 3.22. The van der Waals surface area contributed by atoms with Crippen LogP contribution >= 0.6 is 0 Å². The first-order chi connectivity index (χ1) is 15.7. The fourth-order valence-corrected chi connectivity index (χ4v) is 6.36. The molecule has 1 aliphatic rings. The Balaban J connectivity index is 1.90. The van der Waals surface area contributed by atoms with E-state index in [1.54, 1.807) is 18.2 Å². The van der Waals surface area contributed by atoms with Gasteiger partial charge < -0.3 is 10.3 Å². The normalized spacial score (nSPS) is 18.3. The molecule has 1 unspecified atom stereocenters. The Bertz CT molecular complexity index is 1480. The van der Waals surface area contributed by atoms with Crippen molar-refractivity contribution < 1.29 is 21.4 Å². The number of H-pyrrole nitrogens is 1. The summed E-state index contributed by atoms with van der Waals surface area (Å²) in [5.41, 5.74) is 10.7. The maximum atomic E-state index is 13.3. The second kappa shape index (κ2) is 8.08. The largest absolute Gasteiger partial charge is 0.347 e. The molecule has 10 nitrogen and oxygen atoms in total. The van der Waals surface area contributed by atoms with Gasteiger partial charge in [-0.05, 0) is 45.9 Å². The van der Waals surface area contributed by atoms with Crippen LogP contribution in [0.25, 0.3) is 22.5 Å². The van der Waals surface area contributed by atoms with Crippen molar-refractivity contribution in [3.8, 4) is 22.5 Å². The number of rotatable bonds is 6. The van der Waals surface area contributed by atoms with Gasteiger partial charge in [-0.15, -0.1) is 0 Å². The topological polar surface area (TPSA) is 158 Å². The molecular formula is C22H27N5O5S2. The summed E-state index contributed by atoms with van der Waals surface area (Å²) in [6, 6.07) is 12.9. The predicted octanol–water partition coefficient (Wildman–Crippen LogP) is 2.83. The zero-order chi connectivity index (χ0) is 25.1. The monoisotopic (exact) mass is 505 g/mol. The summed E-state index contributed by atoms with van der Waals surface area (Å²) in [6.07, 6.45) is 0. The van der Waals surface area contributed by atoms with Crippen molar-refractivity contribution in [2.75, 3.05) is 15.4 Å². The first-order valence-electron chi connectivity index (χ1n) is 10.6. The third-order valence-corrected chi connectivity index (χ3v) is 8.61. The van der Waals surface area contributed by atoms with Crippen LogP contribution in [0.15, 0.2) is 42.5 Å². The number of sulfonamides is 1. The Labute approximate surface area is 199 Å². The quantitative estimate of drug-likeness (QED) is 0.372. The van der Waals surface area contributed by atoms with Gasteiger partial charge in [-0.3, -0.25) is 10.3 Å². The zero-order valence-electron chi connectivity index (χ0n) is 19.2. The molecule has 0 bridgehead atoms. The van der Waals surface area contributed by atoms with Crippen LogP contribution in [0.2, 0.25) is 0 Å². The van der Waals surface area contributed by atoms with Gasteiger partial charge in [-0.2, -0.15) is 8.42 Å². The summed E-state index contributed by atoms with van der Waals surface area (Å²) in [4.78, 5) is 7.86. The standard InChI is InChI=1S/C22H27N5O5S2/c1-13(2)34(31,32)27-19-11-17(8-9-18(19)26-22(27,23)12-33(28,29)30)21-20(24-15(4)25-21)16-7-5-6-14(3)10-16/h5-11,13,26H,12,23H2,1-4H3,(H,24,25)(H,28,29,30). The molecule has 1 atom stereocenters. The second-order valence-corrected chi connectivity index (χ2v) is 12.6. The van der Waals surface area contributed by atoms with Crippen LogP contribution in [0.3, 0.4) is 0 Å². The first kappa shape index (κ1) is 24.2. The van der Waals surface area contributed by atoms with Crippen molar-refractivity contribution in [2.24, 2.45) is 5.73 Å². The summed E-state index contributed by atoms with van der Waals surface area (Å²) >= 11 is 0. The lowest BCUT2D eigenvalue weighted by molar-refractivity contribution is 0.459. The third-order valence-electron chi connectivity index (χ3n) is 5.59. The number of aryl methyl sites for hydroxylation is 2. The minimum Gasteiger partial charge on any atom is -0.347 e.